The van der Waals surface area contributed by atoms with Crippen molar-refractivity contribution in [3.63, 3.8) is 0 Å². The zero-order valence-electron chi connectivity index (χ0n) is 29.9. The van der Waals surface area contributed by atoms with Crippen LogP contribution in [-0.2, 0) is 0 Å². The van der Waals surface area contributed by atoms with Gasteiger partial charge in [-0.3, -0.25) is 0 Å². The molecule has 8 aromatic carbocycles. The first kappa shape index (κ1) is 32.2. The highest BCUT2D eigenvalue weighted by Gasteiger charge is 2.18. The van der Waals surface area contributed by atoms with E-state index in [1.54, 1.807) is 0 Å². The topological polar surface area (TPSA) is 77.3 Å². The summed E-state index contributed by atoms with van der Waals surface area (Å²) >= 11 is 0. The number of fused-ring (bicyclic) bond motifs is 3. The van der Waals surface area contributed by atoms with Crippen LogP contribution in [0.2, 0.25) is 0 Å². The molecule has 0 saturated carbocycles. The van der Waals surface area contributed by atoms with Gasteiger partial charge in [-0.1, -0.05) is 164 Å². The van der Waals surface area contributed by atoms with Gasteiger partial charge in [-0.25, -0.2) is 29.9 Å². The summed E-state index contributed by atoms with van der Waals surface area (Å²) in [6.45, 7) is 2.11. The number of hydrogen-bond donors (Lipinski definition) is 0. The molecule has 0 N–H and O–H groups in total. The smallest absolute Gasteiger partial charge is 0.164 e. The van der Waals surface area contributed by atoms with Crippen LogP contribution in [0.25, 0.3) is 101 Å². The van der Waals surface area contributed by atoms with Crippen molar-refractivity contribution in [1.82, 2.24) is 29.9 Å². The average Bonchev–Trinajstić information content (AvgIpc) is 3.26. The lowest BCUT2D eigenvalue weighted by molar-refractivity contribution is 1.07. The summed E-state index contributed by atoms with van der Waals surface area (Å²) in [5.41, 5.74) is 6.71. The quantitative estimate of drug-likeness (QED) is 0.171. The van der Waals surface area contributed by atoms with Crippen LogP contribution in [0.1, 0.15) is 5.56 Å². The maximum atomic E-state index is 5.16. The van der Waals surface area contributed by atoms with Gasteiger partial charge in [0, 0.05) is 33.4 Å². The van der Waals surface area contributed by atoms with E-state index in [2.05, 4.69) is 122 Å². The fraction of sp³-hybridized carbons (Fsp3) is 0.0204. The van der Waals surface area contributed by atoms with E-state index in [0.29, 0.717) is 34.9 Å². The molecule has 0 fully saturated rings. The normalized spacial score (nSPS) is 11.4. The Balaban J connectivity index is 1.13. The molecule has 2 aromatic heterocycles. The third kappa shape index (κ3) is 6.06. The largest absolute Gasteiger partial charge is 0.208 e. The van der Waals surface area contributed by atoms with Gasteiger partial charge in [-0.05, 0) is 56.9 Å². The van der Waals surface area contributed by atoms with Crippen LogP contribution in [0.4, 0.5) is 0 Å². The van der Waals surface area contributed by atoms with Crippen molar-refractivity contribution in [2.75, 3.05) is 0 Å². The molecule has 0 aliphatic heterocycles. The zero-order valence-corrected chi connectivity index (χ0v) is 29.9. The van der Waals surface area contributed by atoms with Crippen LogP contribution in [0, 0.1) is 6.92 Å². The van der Waals surface area contributed by atoms with E-state index in [4.69, 9.17) is 29.9 Å². The van der Waals surface area contributed by atoms with E-state index < -0.39 is 0 Å². The fourth-order valence-electron chi connectivity index (χ4n) is 7.30. The van der Waals surface area contributed by atoms with Crippen LogP contribution in [0.15, 0.2) is 176 Å². The standard InChI is InChI=1S/C49H32N6/c1-31-23-24-34-14-9-11-21-41(34)43(31)49-54-45(36-17-6-3-7-18-36)51-47(55-49)38-28-26-32-25-27-37(29-39(32)30-38)46-50-44(35-15-4-2-5-16-35)52-48(53-46)42-22-12-19-33-13-8-10-20-40(33)42/h2-30H,1H3. The minimum atomic E-state index is 0.601. The zero-order chi connectivity index (χ0) is 36.7. The maximum absolute atomic E-state index is 5.16. The molecule has 0 unspecified atom stereocenters. The van der Waals surface area contributed by atoms with Crippen molar-refractivity contribution in [1.29, 1.82) is 0 Å². The summed E-state index contributed by atoms with van der Waals surface area (Å²) < 4.78 is 0. The first-order valence-electron chi connectivity index (χ1n) is 18.3. The summed E-state index contributed by atoms with van der Waals surface area (Å²) in [7, 11) is 0. The Morgan fingerprint density at radius 2 is 0.745 bits per heavy atom. The molecule has 55 heavy (non-hydrogen) atoms. The lowest BCUT2D eigenvalue weighted by Crippen LogP contribution is -2.02. The van der Waals surface area contributed by atoms with Gasteiger partial charge in [-0.15, -0.1) is 0 Å². The van der Waals surface area contributed by atoms with Crippen molar-refractivity contribution in [3.8, 4) is 68.3 Å². The predicted octanol–water partition coefficient (Wildman–Crippen LogP) is 11.8. The van der Waals surface area contributed by atoms with Crippen molar-refractivity contribution < 1.29 is 0 Å². The molecule has 0 aliphatic carbocycles. The Hall–Kier alpha value is -7.44. The SMILES string of the molecule is Cc1ccc2ccccc2c1-c1nc(-c2ccccc2)nc(-c2ccc3ccc(-c4nc(-c5ccccc5)nc(-c5cccc6ccccc56)n4)cc3c2)n1. The van der Waals surface area contributed by atoms with Gasteiger partial charge in [0.1, 0.15) is 0 Å². The van der Waals surface area contributed by atoms with Crippen molar-refractivity contribution in [3.05, 3.63) is 181 Å². The van der Waals surface area contributed by atoms with E-state index in [1.165, 1.54) is 0 Å². The first-order chi connectivity index (χ1) is 27.1. The summed E-state index contributed by atoms with van der Waals surface area (Å²) in [6, 6.07) is 60.1. The van der Waals surface area contributed by atoms with E-state index in [-0.39, 0.29) is 0 Å². The number of hydrogen-bond acceptors (Lipinski definition) is 6. The van der Waals surface area contributed by atoms with Crippen LogP contribution >= 0.6 is 0 Å². The van der Waals surface area contributed by atoms with E-state index in [1.807, 2.05) is 60.7 Å². The number of nitrogens with zero attached hydrogens (tertiary/aromatic N) is 6. The lowest BCUT2D eigenvalue weighted by atomic mass is 9.99. The molecule has 258 valence electrons. The van der Waals surface area contributed by atoms with Crippen LogP contribution in [-0.4, -0.2) is 29.9 Å². The first-order valence-corrected chi connectivity index (χ1v) is 18.3. The molecule has 6 heteroatoms. The van der Waals surface area contributed by atoms with Crippen LogP contribution in [0.5, 0.6) is 0 Å². The Bertz CT molecular complexity index is 3050. The molecule has 0 bridgehead atoms. The van der Waals surface area contributed by atoms with Crippen molar-refractivity contribution >= 4 is 32.3 Å². The summed E-state index contributed by atoms with van der Waals surface area (Å²) in [5.74, 6) is 3.73. The maximum Gasteiger partial charge on any atom is 0.164 e. The number of aromatic nitrogens is 6. The molecule has 10 rings (SSSR count). The third-order valence-electron chi connectivity index (χ3n) is 10.1. The molecule has 0 saturated heterocycles. The second-order valence-corrected chi connectivity index (χ2v) is 13.6. The highest BCUT2D eigenvalue weighted by Crippen LogP contribution is 2.35. The molecule has 10 aromatic rings. The highest BCUT2D eigenvalue weighted by atomic mass is 15.0. The summed E-state index contributed by atoms with van der Waals surface area (Å²) in [4.78, 5) is 30.4. The Morgan fingerprint density at radius 3 is 1.36 bits per heavy atom. The Labute approximate surface area is 318 Å². The van der Waals surface area contributed by atoms with Crippen LogP contribution in [0.3, 0.4) is 0 Å². The molecular weight excluding hydrogens is 673 g/mol. The highest BCUT2D eigenvalue weighted by molar-refractivity contribution is 5.98. The second-order valence-electron chi connectivity index (χ2n) is 13.6. The van der Waals surface area contributed by atoms with Crippen LogP contribution < -0.4 is 0 Å². The minimum absolute atomic E-state index is 0.601. The predicted molar refractivity (Wildman–Crippen MR) is 223 cm³/mol. The van der Waals surface area contributed by atoms with Gasteiger partial charge in [-0.2, -0.15) is 0 Å². The Kier molecular flexibility index (Phi) is 7.92. The fourth-order valence-corrected chi connectivity index (χ4v) is 7.30. The lowest BCUT2D eigenvalue weighted by Gasteiger charge is -2.13. The van der Waals surface area contributed by atoms with Gasteiger partial charge in [0.25, 0.3) is 0 Å². The van der Waals surface area contributed by atoms with E-state index in [0.717, 1.165) is 71.3 Å². The molecule has 0 amide bonds. The van der Waals surface area contributed by atoms with E-state index in [9.17, 15) is 0 Å². The molecule has 2 heterocycles. The summed E-state index contributed by atoms with van der Waals surface area (Å²) in [5, 5.41) is 6.58. The molecule has 0 spiro atoms. The van der Waals surface area contributed by atoms with Gasteiger partial charge >= 0.3 is 0 Å². The number of rotatable bonds is 6. The number of aryl methyl sites for hydroxylation is 1. The monoisotopic (exact) mass is 704 g/mol. The van der Waals surface area contributed by atoms with Gasteiger partial charge in [0.05, 0.1) is 0 Å². The third-order valence-corrected chi connectivity index (χ3v) is 10.1. The summed E-state index contributed by atoms with van der Waals surface area (Å²) in [6.07, 6.45) is 0. The van der Waals surface area contributed by atoms with Gasteiger partial charge in [0.2, 0.25) is 0 Å². The number of benzene rings is 8. The van der Waals surface area contributed by atoms with E-state index >= 15 is 0 Å². The second kappa shape index (κ2) is 13.5. The average molecular weight is 705 g/mol. The molecule has 0 atom stereocenters. The van der Waals surface area contributed by atoms with Gasteiger partial charge in [0.15, 0.2) is 34.9 Å². The minimum Gasteiger partial charge on any atom is -0.208 e. The van der Waals surface area contributed by atoms with Crippen molar-refractivity contribution in [2.24, 2.45) is 0 Å². The Morgan fingerprint density at radius 1 is 0.291 bits per heavy atom. The molecule has 0 radical (unpaired) electrons. The molecule has 6 nitrogen and oxygen atoms in total. The molecule has 0 aliphatic rings. The van der Waals surface area contributed by atoms with Gasteiger partial charge < -0.3 is 0 Å². The van der Waals surface area contributed by atoms with Crippen molar-refractivity contribution in [2.45, 2.75) is 6.92 Å². The molecular formula is C49H32N6.